The van der Waals surface area contributed by atoms with Crippen molar-refractivity contribution >= 4 is 29.0 Å². The van der Waals surface area contributed by atoms with Gasteiger partial charge in [-0.05, 0) is 80.2 Å². The van der Waals surface area contributed by atoms with E-state index in [1.54, 1.807) is 6.07 Å². The number of hydrogen-bond acceptors (Lipinski definition) is 4. The van der Waals surface area contributed by atoms with E-state index in [0.29, 0.717) is 10.7 Å². The van der Waals surface area contributed by atoms with Crippen molar-refractivity contribution in [3.63, 3.8) is 0 Å². The topological polar surface area (TPSA) is 59.4 Å². The van der Waals surface area contributed by atoms with Gasteiger partial charge in [-0.3, -0.25) is 4.98 Å². The van der Waals surface area contributed by atoms with Gasteiger partial charge in [-0.2, -0.15) is 0 Å². The summed E-state index contributed by atoms with van der Waals surface area (Å²) < 4.78 is 7.10. The van der Waals surface area contributed by atoms with Crippen molar-refractivity contribution in [3.8, 4) is 5.69 Å². The third-order valence-electron chi connectivity index (χ3n) is 6.45. The fraction of sp³-hybridized carbons (Fsp3) is 0.179. The molecule has 5 rings (SSSR count). The number of hydrogen-bond donors (Lipinski definition) is 1. The van der Waals surface area contributed by atoms with E-state index in [4.69, 9.17) is 17.0 Å². The van der Waals surface area contributed by atoms with Crippen LogP contribution in [0.2, 0.25) is 0 Å². The number of aromatic nitrogens is 2. The van der Waals surface area contributed by atoms with Gasteiger partial charge >= 0.3 is 5.97 Å². The van der Waals surface area contributed by atoms with Crippen molar-refractivity contribution in [2.45, 2.75) is 25.9 Å². The Balaban J connectivity index is 1.66. The molecule has 0 saturated carbocycles. The monoisotopic (exact) mass is 482 g/mol. The van der Waals surface area contributed by atoms with E-state index in [2.05, 4.69) is 51.8 Å². The number of aryl methyl sites for hydroxylation is 1. The fourth-order valence-corrected chi connectivity index (χ4v) is 5.26. The minimum atomic E-state index is -0.356. The zero-order valence-electron chi connectivity index (χ0n) is 19.8. The Bertz CT molecular complexity index is 1380. The number of rotatable bonds is 5. The number of nitrogens with one attached hydrogen (secondary N) is 1. The van der Waals surface area contributed by atoms with Crippen molar-refractivity contribution < 1.29 is 9.53 Å². The maximum absolute atomic E-state index is 12.1. The fourth-order valence-electron chi connectivity index (χ4n) is 4.91. The normalized spacial score (nSPS) is 17.3. The van der Waals surface area contributed by atoms with Gasteiger partial charge in [-0.1, -0.05) is 30.3 Å². The smallest absolute Gasteiger partial charge is 0.337 e. The van der Waals surface area contributed by atoms with Crippen LogP contribution in [0.4, 0.5) is 5.69 Å². The minimum absolute atomic E-state index is 0.108. The molecule has 0 amide bonds. The highest BCUT2D eigenvalue weighted by Gasteiger charge is 2.42. The molecule has 2 atom stereocenters. The van der Waals surface area contributed by atoms with Gasteiger partial charge in [0.05, 0.1) is 30.5 Å². The molecule has 3 heterocycles. The molecular formula is C28H26N4O2S. The van der Waals surface area contributed by atoms with Crippen LogP contribution in [0.5, 0.6) is 0 Å². The Hall–Kier alpha value is -3.97. The third kappa shape index (κ3) is 4.08. The average Bonchev–Trinajstić information content (AvgIpc) is 3.39. The van der Waals surface area contributed by atoms with Crippen LogP contribution >= 0.6 is 12.2 Å². The number of carbonyl (C=O) groups excluding carboxylic acids is 1. The first kappa shape index (κ1) is 22.8. The zero-order valence-corrected chi connectivity index (χ0v) is 20.6. The predicted octanol–water partition coefficient (Wildman–Crippen LogP) is 5.45. The van der Waals surface area contributed by atoms with Crippen LogP contribution in [0.1, 0.15) is 45.1 Å². The highest BCUT2D eigenvalue weighted by Crippen LogP contribution is 2.43. The van der Waals surface area contributed by atoms with Gasteiger partial charge in [0, 0.05) is 29.0 Å². The SMILES string of the molecule is COC(=O)c1cccc(-n2c(C)cc(C3C(c4ccccn4)NC(=S)N3c3ccccc3)c2C)c1. The molecule has 1 saturated heterocycles. The molecule has 2 aromatic heterocycles. The summed E-state index contributed by atoms with van der Waals surface area (Å²) in [6.07, 6.45) is 1.81. The van der Waals surface area contributed by atoms with Crippen LogP contribution in [0, 0.1) is 13.8 Å². The summed E-state index contributed by atoms with van der Waals surface area (Å²) in [5, 5.41) is 4.18. The van der Waals surface area contributed by atoms with E-state index in [9.17, 15) is 4.79 Å². The second-order valence-corrected chi connectivity index (χ2v) is 8.92. The van der Waals surface area contributed by atoms with Gasteiger partial charge in [-0.15, -0.1) is 0 Å². The van der Waals surface area contributed by atoms with Crippen molar-refractivity contribution in [1.29, 1.82) is 0 Å². The van der Waals surface area contributed by atoms with Crippen LogP contribution in [0.15, 0.2) is 85.1 Å². The van der Waals surface area contributed by atoms with E-state index in [1.807, 2.05) is 60.8 Å². The molecule has 7 heteroatoms. The lowest BCUT2D eigenvalue weighted by Crippen LogP contribution is -2.29. The third-order valence-corrected chi connectivity index (χ3v) is 6.76. The molecule has 0 aliphatic carbocycles. The highest BCUT2D eigenvalue weighted by molar-refractivity contribution is 7.80. The van der Waals surface area contributed by atoms with Crippen LogP contribution < -0.4 is 10.2 Å². The average molecular weight is 483 g/mol. The Morgan fingerprint density at radius 2 is 1.71 bits per heavy atom. The molecule has 0 bridgehead atoms. The molecular weight excluding hydrogens is 456 g/mol. The van der Waals surface area contributed by atoms with E-state index in [0.717, 1.165) is 34.0 Å². The molecule has 1 aliphatic heterocycles. The Morgan fingerprint density at radius 1 is 0.971 bits per heavy atom. The van der Waals surface area contributed by atoms with E-state index < -0.39 is 0 Å². The molecule has 1 fully saturated rings. The molecule has 1 aliphatic rings. The quantitative estimate of drug-likeness (QED) is 0.301. The summed E-state index contributed by atoms with van der Waals surface area (Å²) >= 11 is 5.84. The lowest BCUT2D eigenvalue weighted by Gasteiger charge is -2.28. The molecule has 1 N–H and O–H groups in total. The van der Waals surface area contributed by atoms with Gasteiger partial charge in [0.15, 0.2) is 5.11 Å². The van der Waals surface area contributed by atoms with Crippen molar-refractivity contribution in [3.05, 3.63) is 113 Å². The highest BCUT2D eigenvalue weighted by atomic mass is 32.1. The van der Waals surface area contributed by atoms with Crippen molar-refractivity contribution in [2.75, 3.05) is 12.0 Å². The first-order valence-corrected chi connectivity index (χ1v) is 11.8. The van der Waals surface area contributed by atoms with Gasteiger partial charge in [0.2, 0.25) is 0 Å². The molecule has 176 valence electrons. The Morgan fingerprint density at radius 3 is 2.43 bits per heavy atom. The van der Waals surface area contributed by atoms with Crippen LogP contribution in [-0.4, -0.2) is 27.7 Å². The number of thiocarbonyl (C=S) groups is 1. The number of ether oxygens (including phenoxy) is 1. The van der Waals surface area contributed by atoms with E-state index in [1.165, 1.54) is 7.11 Å². The second kappa shape index (κ2) is 9.35. The number of esters is 1. The molecule has 35 heavy (non-hydrogen) atoms. The number of nitrogens with zero attached hydrogens (tertiary/aromatic N) is 3. The molecule has 2 aromatic carbocycles. The largest absolute Gasteiger partial charge is 0.465 e. The van der Waals surface area contributed by atoms with Crippen molar-refractivity contribution in [1.82, 2.24) is 14.9 Å². The van der Waals surface area contributed by atoms with Crippen molar-refractivity contribution in [2.24, 2.45) is 0 Å². The first-order valence-electron chi connectivity index (χ1n) is 11.4. The second-order valence-electron chi connectivity index (χ2n) is 8.54. The predicted molar refractivity (Wildman–Crippen MR) is 141 cm³/mol. The minimum Gasteiger partial charge on any atom is -0.465 e. The summed E-state index contributed by atoms with van der Waals surface area (Å²) in [5.74, 6) is -0.356. The first-order chi connectivity index (χ1) is 17.0. The van der Waals surface area contributed by atoms with E-state index in [-0.39, 0.29) is 18.1 Å². The van der Waals surface area contributed by atoms with Gasteiger partial charge in [0.25, 0.3) is 0 Å². The number of para-hydroxylation sites is 1. The summed E-state index contributed by atoms with van der Waals surface area (Å²) in [6, 6.07) is 25.6. The standard InChI is InChI=1S/C28H26N4O2S/c1-18-16-23(19(2)31(18)22-13-9-10-20(17-22)27(33)34-3)26-25(24-14-7-8-15-29-24)30-28(35)32(26)21-11-5-4-6-12-21/h4-17,25-26H,1-3H3,(H,30,35). The summed E-state index contributed by atoms with van der Waals surface area (Å²) in [6.45, 7) is 4.18. The molecule has 2 unspecified atom stereocenters. The number of methoxy groups -OCH3 is 1. The lowest BCUT2D eigenvalue weighted by molar-refractivity contribution is 0.0600. The Kier molecular flexibility index (Phi) is 6.09. The summed E-state index contributed by atoms with van der Waals surface area (Å²) in [5.41, 5.74) is 6.64. The molecule has 0 radical (unpaired) electrons. The number of anilines is 1. The zero-order chi connectivity index (χ0) is 24.5. The molecule has 6 nitrogen and oxygen atoms in total. The van der Waals surface area contributed by atoms with Crippen LogP contribution in [0.25, 0.3) is 5.69 Å². The molecule has 4 aromatic rings. The summed E-state index contributed by atoms with van der Waals surface area (Å²) in [7, 11) is 1.39. The van der Waals surface area contributed by atoms with Gasteiger partial charge in [-0.25, -0.2) is 4.79 Å². The van der Waals surface area contributed by atoms with Crippen LogP contribution in [-0.2, 0) is 4.74 Å². The molecule has 0 spiro atoms. The maximum atomic E-state index is 12.1. The van der Waals surface area contributed by atoms with Gasteiger partial charge in [0.1, 0.15) is 0 Å². The number of benzene rings is 2. The number of pyridine rings is 1. The van der Waals surface area contributed by atoms with Crippen LogP contribution in [0.3, 0.4) is 0 Å². The van der Waals surface area contributed by atoms with E-state index >= 15 is 0 Å². The number of carbonyl (C=O) groups is 1. The van der Waals surface area contributed by atoms with Gasteiger partial charge < -0.3 is 19.5 Å². The Labute approximate surface area is 210 Å². The maximum Gasteiger partial charge on any atom is 0.337 e. The lowest BCUT2D eigenvalue weighted by atomic mass is 9.96. The summed E-state index contributed by atoms with van der Waals surface area (Å²) in [4.78, 5) is 19.0.